The summed E-state index contributed by atoms with van der Waals surface area (Å²) in [6, 6.07) is 13.5. The second-order valence-corrected chi connectivity index (χ2v) is 7.42. The highest BCUT2D eigenvalue weighted by atomic mass is 32.2. The van der Waals surface area contributed by atoms with Crippen LogP contribution in [0.5, 0.6) is 17.2 Å². The van der Waals surface area contributed by atoms with Gasteiger partial charge in [0.05, 0.1) is 5.69 Å². The Balaban J connectivity index is 1.62. The van der Waals surface area contributed by atoms with Crippen molar-refractivity contribution >= 4 is 33.9 Å². The maximum atomic E-state index is 13.2. The number of hydrogen-bond acceptors (Lipinski definition) is 6. The van der Waals surface area contributed by atoms with Gasteiger partial charge in [0.2, 0.25) is 10.9 Å². The predicted octanol–water partition coefficient (Wildman–Crippen LogP) is 3.22. The molecule has 0 spiro atoms. The van der Waals surface area contributed by atoms with Crippen molar-refractivity contribution in [1.82, 2.24) is 0 Å². The number of hydrogen-bond donors (Lipinski definition) is 3. The Labute approximate surface area is 178 Å². The predicted molar refractivity (Wildman–Crippen MR) is 112 cm³/mol. The molecule has 3 aromatic rings. The Bertz CT molecular complexity index is 1200. The molecule has 1 amide bonds. The third kappa shape index (κ3) is 4.38. The smallest absolute Gasteiger partial charge is 0.255 e. The largest absolute Gasteiger partial charge is 0.506 e. The molecule has 31 heavy (non-hydrogen) atoms. The number of anilines is 3. The SMILES string of the molecule is O=C(Nc1ccc(O)c(N(c2ccc(F)cc2)[SH](=O)=O)c1)c1ccc2c(c1)OCCO2. The lowest BCUT2D eigenvalue weighted by Crippen LogP contribution is -2.18. The summed E-state index contributed by atoms with van der Waals surface area (Å²) >= 11 is 0. The van der Waals surface area contributed by atoms with E-state index in [-0.39, 0.29) is 22.8 Å². The number of nitrogens with zero attached hydrogens (tertiary/aromatic N) is 1. The van der Waals surface area contributed by atoms with Crippen molar-refractivity contribution in [3.8, 4) is 17.2 Å². The standard InChI is InChI=1S/C21H17FN2O6S/c22-14-2-5-16(6-3-14)24(31(27)28)17-12-15(4-7-18(17)25)23-21(26)13-1-8-19-20(11-13)30-10-9-29-19/h1-8,11-12,25,31H,9-10H2,(H,23,26). The molecule has 0 saturated heterocycles. The van der Waals surface area contributed by atoms with Crippen molar-refractivity contribution in [3.63, 3.8) is 0 Å². The van der Waals surface area contributed by atoms with Crippen molar-refractivity contribution in [2.45, 2.75) is 0 Å². The highest BCUT2D eigenvalue weighted by Gasteiger charge is 2.19. The van der Waals surface area contributed by atoms with Crippen LogP contribution in [0.25, 0.3) is 0 Å². The number of carbonyl (C=O) groups excluding carboxylic acids is 1. The first kappa shape index (κ1) is 20.5. The summed E-state index contributed by atoms with van der Waals surface area (Å²) in [7, 11) is -3.22. The van der Waals surface area contributed by atoms with Crippen LogP contribution in [-0.4, -0.2) is 32.6 Å². The van der Waals surface area contributed by atoms with Crippen LogP contribution < -0.4 is 19.1 Å². The number of phenols is 1. The van der Waals surface area contributed by atoms with E-state index in [4.69, 9.17) is 9.47 Å². The third-order valence-corrected chi connectivity index (χ3v) is 5.27. The maximum Gasteiger partial charge on any atom is 0.255 e. The lowest BCUT2D eigenvalue weighted by molar-refractivity contribution is 0.102. The van der Waals surface area contributed by atoms with Gasteiger partial charge < -0.3 is 19.9 Å². The molecule has 160 valence electrons. The zero-order chi connectivity index (χ0) is 22.0. The number of fused-ring (bicyclic) bond motifs is 1. The Kier molecular flexibility index (Phi) is 5.63. The Hall–Kier alpha value is -3.79. The van der Waals surface area contributed by atoms with Crippen LogP contribution >= 0.6 is 0 Å². The molecule has 4 rings (SSSR count). The molecule has 0 atom stereocenters. The Morgan fingerprint density at radius 1 is 0.968 bits per heavy atom. The first-order valence-electron chi connectivity index (χ1n) is 9.16. The van der Waals surface area contributed by atoms with Crippen molar-refractivity contribution in [3.05, 3.63) is 72.0 Å². The molecular formula is C21H17FN2O6S. The molecule has 1 aliphatic heterocycles. The van der Waals surface area contributed by atoms with Crippen LogP contribution in [0, 0.1) is 5.82 Å². The summed E-state index contributed by atoms with van der Waals surface area (Å²) in [4.78, 5) is 12.7. The number of ether oxygens (including phenoxy) is 2. The lowest BCUT2D eigenvalue weighted by atomic mass is 10.1. The quantitative estimate of drug-likeness (QED) is 0.412. The third-order valence-electron chi connectivity index (χ3n) is 4.50. The number of benzene rings is 3. The molecule has 8 nitrogen and oxygen atoms in total. The molecular weight excluding hydrogens is 427 g/mol. The second kappa shape index (κ2) is 8.52. The van der Waals surface area contributed by atoms with Crippen molar-refractivity contribution in [1.29, 1.82) is 0 Å². The minimum atomic E-state index is -3.22. The lowest BCUT2D eigenvalue weighted by Gasteiger charge is -2.20. The fourth-order valence-corrected chi connectivity index (χ4v) is 3.72. The average Bonchev–Trinajstić information content (AvgIpc) is 2.76. The topological polar surface area (TPSA) is 105 Å². The monoisotopic (exact) mass is 444 g/mol. The van der Waals surface area contributed by atoms with Crippen LogP contribution in [-0.2, 0) is 10.9 Å². The zero-order valence-corrected chi connectivity index (χ0v) is 16.8. The van der Waals surface area contributed by atoms with E-state index >= 15 is 0 Å². The van der Waals surface area contributed by atoms with Gasteiger partial charge in [0.25, 0.3) is 5.91 Å². The van der Waals surface area contributed by atoms with E-state index in [9.17, 15) is 22.7 Å². The average molecular weight is 444 g/mol. The summed E-state index contributed by atoms with van der Waals surface area (Å²) in [5.74, 6) is -0.330. The summed E-state index contributed by atoms with van der Waals surface area (Å²) in [6.07, 6.45) is 0. The van der Waals surface area contributed by atoms with Crippen LogP contribution in [0.3, 0.4) is 0 Å². The van der Waals surface area contributed by atoms with Gasteiger partial charge >= 0.3 is 0 Å². The summed E-state index contributed by atoms with van der Waals surface area (Å²) in [6.45, 7) is 0.813. The highest BCUT2D eigenvalue weighted by molar-refractivity contribution is 7.74. The van der Waals surface area contributed by atoms with Crippen molar-refractivity contribution in [2.24, 2.45) is 0 Å². The number of phenolic OH excluding ortho intramolecular Hbond substituents is 1. The van der Waals surface area contributed by atoms with Crippen LogP contribution in [0.2, 0.25) is 0 Å². The van der Waals surface area contributed by atoms with Gasteiger partial charge in [-0.05, 0) is 60.7 Å². The van der Waals surface area contributed by atoms with E-state index in [1.54, 1.807) is 18.2 Å². The highest BCUT2D eigenvalue weighted by Crippen LogP contribution is 2.36. The van der Waals surface area contributed by atoms with Crippen molar-refractivity contribution < 1.29 is 32.2 Å². The van der Waals surface area contributed by atoms with Crippen LogP contribution in [0.15, 0.2) is 60.7 Å². The van der Waals surface area contributed by atoms with Gasteiger partial charge in [-0.3, -0.25) is 4.79 Å². The number of nitrogens with one attached hydrogen (secondary N) is 1. The van der Waals surface area contributed by atoms with Gasteiger partial charge in [-0.1, -0.05) is 0 Å². The molecule has 1 aliphatic rings. The van der Waals surface area contributed by atoms with E-state index in [0.29, 0.717) is 30.3 Å². The number of carbonyl (C=O) groups is 1. The molecule has 2 N–H and O–H groups in total. The molecule has 0 bridgehead atoms. The molecule has 0 radical (unpaired) electrons. The molecule has 10 heteroatoms. The molecule has 3 aromatic carbocycles. The van der Waals surface area contributed by atoms with E-state index in [1.807, 2.05) is 0 Å². The number of aromatic hydroxyl groups is 1. The molecule has 0 fully saturated rings. The maximum absolute atomic E-state index is 13.2. The van der Waals surface area contributed by atoms with Crippen molar-refractivity contribution in [2.75, 3.05) is 22.8 Å². The van der Waals surface area contributed by atoms with Gasteiger partial charge in [0.15, 0.2) is 11.5 Å². The molecule has 1 heterocycles. The van der Waals surface area contributed by atoms with E-state index < -0.39 is 22.6 Å². The summed E-state index contributed by atoms with van der Waals surface area (Å²) in [5.41, 5.74) is 0.589. The minimum Gasteiger partial charge on any atom is -0.506 e. The van der Waals surface area contributed by atoms with Crippen LogP contribution in [0.1, 0.15) is 10.4 Å². The number of thiol groups is 1. The fraction of sp³-hybridized carbons (Fsp3) is 0.0952. The normalized spacial score (nSPS) is 12.5. The Morgan fingerprint density at radius 3 is 2.39 bits per heavy atom. The number of halogens is 1. The second-order valence-electron chi connectivity index (χ2n) is 6.54. The van der Waals surface area contributed by atoms with Gasteiger partial charge in [-0.25, -0.2) is 17.1 Å². The molecule has 0 saturated carbocycles. The Morgan fingerprint density at radius 2 is 1.68 bits per heavy atom. The first-order valence-corrected chi connectivity index (χ1v) is 10.3. The van der Waals surface area contributed by atoms with Gasteiger partial charge in [-0.15, -0.1) is 0 Å². The van der Waals surface area contributed by atoms with E-state index in [1.165, 1.54) is 30.3 Å². The number of rotatable bonds is 5. The fourth-order valence-electron chi connectivity index (χ4n) is 3.06. The zero-order valence-electron chi connectivity index (χ0n) is 15.9. The summed E-state index contributed by atoms with van der Waals surface area (Å²) in [5, 5.41) is 12.9. The van der Waals surface area contributed by atoms with Crippen LogP contribution in [0.4, 0.5) is 21.5 Å². The minimum absolute atomic E-state index is 0.0947. The summed E-state index contributed by atoms with van der Waals surface area (Å²) < 4.78 is 48.7. The van der Waals surface area contributed by atoms with Gasteiger partial charge in [0.1, 0.15) is 30.5 Å². The molecule has 0 unspecified atom stereocenters. The van der Waals surface area contributed by atoms with Gasteiger partial charge in [-0.2, -0.15) is 0 Å². The number of amides is 1. The van der Waals surface area contributed by atoms with E-state index in [2.05, 4.69) is 5.32 Å². The molecule has 0 aliphatic carbocycles. The van der Waals surface area contributed by atoms with Gasteiger partial charge in [0, 0.05) is 11.3 Å². The first-order chi connectivity index (χ1) is 14.9. The van der Waals surface area contributed by atoms with E-state index in [0.717, 1.165) is 16.4 Å². The molecule has 0 aromatic heterocycles.